The Labute approximate surface area is 200 Å². The fraction of sp³-hybridized carbons (Fsp3) is 0.179. The first-order valence-corrected chi connectivity index (χ1v) is 11.5. The van der Waals surface area contributed by atoms with Gasteiger partial charge in [-0.15, -0.1) is 0 Å². The van der Waals surface area contributed by atoms with Gasteiger partial charge in [-0.25, -0.2) is 9.97 Å². The molecule has 0 aliphatic carbocycles. The Balaban J connectivity index is 1.33. The molecular weight excluding hydrogens is 422 g/mol. The zero-order chi connectivity index (χ0) is 23.6. The molecule has 4 rings (SSSR count). The van der Waals surface area contributed by atoms with Gasteiger partial charge in [0.1, 0.15) is 5.82 Å². The van der Waals surface area contributed by atoms with Gasteiger partial charge in [0.25, 0.3) is 5.91 Å². The predicted octanol–water partition coefficient (Wildman–Crippen LogP) is 5.14. The second-order valence-corrected chi connectivity index (χ2v) is 7.95. The van der Waals surface area contributed by atoms with E-state index in [-0.39, 0.29) is 5.91 Å². The van der Waals surface area contributed by atoms with Crippen molar-refractivity contribution in [3.8, 4) is 11.4 Å². The van der Waals surface area contributed by atoms with E-state index in [9.17, 15) is 4.79 Å². The Kier molecular flexibility index (Phi) is 7.98. The maximum absolute atomic E-state index is 12.7. The third kappa shape index (κ3) is 6.49. The van der Waals surface area contributed by atoms with Crippen LogP contribution < -0.4 is 10.6 Å². The predicted molar refractivity (Wildman–Crippen MR) is 137 cm³/mol. The number of nitrogens with one attached hydrogen (secondary N) is 2. The summed E-state index contributed by atoms with van der Waals surface area (Å²) in [6.45, 7) is 5.31. The number of nitrogens with zero attached hydrogens (tertiary/aromatic N) is 3. The van der Waals surface area contributed by atoms with Crippen molar-refractivity contribution in [2.75, 3.05) is 25.0 Å². The summed E-state index contributed by atoms with van der Waals surface area (Å²) >= 11 is 0. The van der Waals surface area contributed by atoms with E-state index in [1.165, 1.54) is 5.56 Å². The highest BCUT2D eigenvalue weighted by molar-refractivity contribution is 5.95. The van der Waals surface area contributed by atoms with Crippen molar-refractivity contribution in [3.05, 3.63) is 108 Å². The van der Waals surface area contributed by atoms with Gasteiger partial charge in [0.15, 0.2) is 5.82 Å². The third-order valence-electron chi connectivity index (χ3n) is 5.49. The van der Waals surface area contributed by atoms with E-state index in [2.05, 4.69) is 56.7 Å². The monoisotopic (exact) mass is 451 g/mol. The quantitative estimate of drug-likeness (QED) is 0.349. The number of carbonyl (C=O) groups excluding carboxylic acids is 1. The summed E-state index contributed by atoms with van der Waals surface area (Å²) in [5, 5.41) is 6.32. The molecular formula is C28H29N5O. The van der Waals surface area contributed by atoms with E-state index in [1.807, 2.05) is 66.7 Å². The van der Waals surface area contributed by atoms with Crippen LogP contribution in [-0.4, -0.2) is 40.4 Å². The molecule has 0 spiro atoms. The Hall–Kier alpha value is -4.03. The molecule has 0 bridgehead atoms. The molecule has 1 amide bonds. The van der Waals surface area contributed by atoms with Crippen LogP contribution in [0.2, 0.25) is 0 Å². The lowest BCUT2D eigenvalue weighted by Gasteiger charge is -2.20. The van der Waals surface area contributed by atoms with E-state index < -0.39 is 0 Å². The highest BCUT2D eigenvalue weighted by atomic mass is 16.1. The molecule has 1 heterocycles. The van der Waals surface area contributed by atoms with Crippen LogP contribution in [0.4, 0.5) is 11.5 Å². The second kappa shape index (κ2) is 11.7. The summed E-state index contributed by atoms with van der Waals surface area (Å²) in [5.74, 6) is 1.23. The van der Waals surface area contributed by atoms with Gasteiger partial charge >= 0.3 is 0 Å². The van der Waals surface area contributed by atoms with Crippen molar-refractivity contribution in [1.82, 2.24) is 20.2 Å². The fourth-order valence-electron chi connectivity index (χ4n) is 3.66. The molecule has 6 heteroatoms. The molecule has 2 N–H and O–H groups in total. The van der Waals surface area contributed by atoms with Crippen LogP contribution in [0.5, 0.6) is 0 Å². The Bertz CT molecular complexity index is 1200. The van der Waals surface area contributed by atoms with E-state index in [0.717, 1.165) is 30.9 Å². The maximum atomic E-state index is 12.7. The van der Waals surface area contributed by atoms with Crippen LogP contribution in [0, 0.1) is 0 Å². The van der Waals surface area contributed by atoms with E-state index in [1.54, 1.807) is 6.20 Å². The molecule has 172 valence electrons. The minimum Gasteiger partial charge on any atom is -0.351 e. The number of hydrogen-bond acceptors (Lipinski definition) is 5. The zero-order valence-electron chi connectivity index (χ0n) is 19.3. The number of aromatic nitrogens is 2. The van der Waals surface area contributed by atoms with Gasteiger partial charge in [-0.05, 0) is 36.4 Å². The summed E-state index contributed by atoms with van der Waals surface area (Å²) in [6, 6.07) is 29.5. The molecule has 0 unspecified atom stereocenters. The molecule has 0 aliphatic rings. The van der Waals surface area contributed by atoms with Gasteiger partial charge in [-0.1, -0.05) is 73.7 Å². The van der Waals surface area contributed by atoms with E-state index in [4.69, 9.17) is 0 Å². The van der Waals surface area contributed by atoms with E-state index in [0.29, 0.717) is 23.8 Å². The lowest BCUT2D eigenvalue weighted by Crippen LogP contribution is -2.34. The molecule has 0 fully saturated rings. The van der Waals surface area contributed by atoms with Crippen LogP contribution in [0.15, 0.2) is 97.2 Å². The average molecular weight is 452 g/mol. The molecule has 0 saturated heterocycles. The number of rotatable bonds is 10. The van der Waals surface area contributed by atoms with Gasteiger partial charge in [-0.3, -0.25) is 9.69 Å². The van der Waals surface area contributed by atoms with Crippen molar-refractivity contribution in [3.63, 3.8) is 0 Å². The molecule has 0 atom stereocenters. The van der Waals surface area contributed by atoms with Gasteiger partial charge in [-0.2, -0.15) is 0 Å². The highest BCUT2D eigenvalue weighted by Crippen LogP contribution is 2.19. The summed E-state index contributed by atoms with van der Waals surface area (Å²) < 4.78 is 0. The average Bonchev–Trinajstić information content (AvgIpc) is 2.89. The number of likely N-dealkylation sites (N-methyl/N-ethyl adjacent to an activating group) is 1. The molecule has 3 aromatic carbocycles. The standard InChI is InChI=1S/C28H29N5O/c1-2-33(21-22-10-5-3-6-11-22)19-18-30-28(34)24-14-9-15-25(20-24)31-26-16-17-29-27(32-26)23-12-7-4-8-13-23/h3-17,20H,2,18-19,21H2,1H3,(H,30,34)(H,29,31,32). The van der Waals surface area contributed by atoms with Crippen LogP contribution in [-0.2, 0) is 6.54 Å². The van der Waals surface area contributed by atoms with Gasteiger partial charge < -0.3 is 10.6 Å². The molecule has 1 aromatic heterocycles. The first kappa shape index (κ1) is 23.1. The first-order valence-electron chi connectivity index (χ1n) is 11.5. The maximum Gasteiger partial charge on any atom is 0.251 e. The number of benzene rings is 3. The largest absolute Gasteiger partial charge is 0.351 e. The van der Waals surface area contributed by atoms with Crippen LogP contribution in [0.25, 0.3) is 11.4 Å². The summed E-state index contributed by atoms with van der Waals surface area (Å²) in [4.78, 5) is 24.0. The van der Waals surface area contributed by atoms with E-state index >= 15 is 0 Å². The molecule has 34 heavy (non-hydrogen) atoms. The summed E-state index contributed by atoms with van der Waals surface area (Å²) in [6.07, 6.45) is 1.73. The molecule has 0 aliphatic heterocycles. The van der Waals surface area contributed by atoms with Crippen LogP contribution >= 0.6 is 0 Å². The summed E-state index contributed by atoms with van der Waals surface area (Å²) in [5.41, 5.74) is 3.63. The van der Waals surface area contributed by atoms with Gasteiger partial charge in [0.2, 0.25) is 0 Å². The molecule has 6 nitrogen and oxygen atoms in total. The Morgan fingerprint density at radius 2 is 1.68 bits per heavy atom. The number of hydrogen-bond donors (Lipinski definition) is 2. The Morgan fingerprint density at radius 3 is 2.44 bits per heavy atom. The number of amides is 1. The van der Waals surface area contributed by atoms with Gasteiger partial charge in [0.05, 0.1) is 0 Å². The summed E-state index contributed by atoms with van der Waals surface area (Å²) in [7, 11) is 0. The number of carbonyl (C=O) groups is 1. The van der Waals surface area contributed by atoms with Crippen LogP contribution in [0.1, 0.15) is 22.8 Å². The fourth-order valence-corrected chi connectivity index (χ4v) is 3.66. The minimum atomic E-state index is -0.0907. The van der Waals surface area contributed by atoms with Crippen LogP contribution in [0.3, 0.4) is 0 Å². The number of anilines is 2. The third-order valence-corrected chi connectivity index (χ3v) is 5.49. The zero-order valence-corrected chi connectivity index (χ0v) is 19.3. The molecule has 0 saturated carbocycles. The first-order chi connectivity index (χ1) is 16.7. The van der Waals surface area contributed by atoms with Crippen molar-refractivity contribution < 1.29 is 4.79 Å². The lowest BCUT2D eigenvalue weighted by atomic mass is 10.2. The molecule has 4 aromatic rings. The van der Waals surface area contributed by atoms with Crippen molar-refractivity contribution in [1.29, 1.82) is 0 Å². The lowest BCUT2D eigenvalue weighted by molar-refractivity contribution is 0.0948. The van der Waals surface area contributed by atoms with Crippen molar-refractivity contribution in [2.45, 2.75) is 13.5 Å². The molecule has 0 radical (unpaired) electrons. The second-order valence-electron chi connectivity index (χ2n) is 7.95. The normalized spacial score (nSPS) is 10.8. The Morgan fingerprint density at radius 1 is 0.912 bits per heavy atom. The van der Waals surface area contributed by atoms with Crippen molar-refractivity contribution in [2.24, 2.45) is 0 Å². The smallest absolute Gasteiger partial charge is 0.251 e. The SMILES string of the molecule is CCN(CCNC(=O)c1cccc(Nc2ccnc(-c3ccccc3)n2)c1)Cc1ccccc1. The van der Waals surface area contributed by atoms with Crippen molar-refractivity contribution >= 4 is 17.4 Å². The van der Waals surface area contributed by atoms with Gasteiger partial charge in [0, 0.05) is 42.6 Å². The minimum absolute atomic E-state index is 0.0907. The topological polar surface area (TPSA) is 70.2 Å². The highest BCUT2D eigenvalue weighted by Gasteiger charge is 2.09.